The quantitative estimate of drug-likeness (QED) is 0.591. The third-order valence-corrected chi connectivity index (χ3v) is 6.04. The Labute approximate surface area is 199 Å². The summed E-state index contributed by atoms with van der Waals surface area (Å²) < 4.78 is 0. The molecule has 0 radical (unpaired) electrons. The van der Waals surface area contributed by atoms with Gasteiger partial charge in [0.2, 0.25) is 5.91 Å². The van der Waals surface area contributed by atoms with Crippen molar-refractivity contribution in [1.29, 1.82) is 0 Å². The maximum atomic E-state index is 12.6. The summed E-state index contributed by atoms with van der Waals surface area (Å²) >= 11 is 12.2. The fourth-order valence-corrected chi connectivity index (χ4v) is 4.09. The van der Waals surface area contributed by atoms with Gasteiger partial charge in [-0.25, -0.2) is 9.78 Å². The Kier molecular flexibility index (Phi) is 9.00. The van der Waals surface area contributed by atoms with Crippen LogP contribution in [0.5, 0.6) is 0 Å². The molecule has 7 nitrogen and oxygen atoms in total. The molecular weight excluding hydrogens is 449 g/mol. The molecular formula is C23H29Cl2N5O2. The standard InChI is InChI=1S/C23H29Cl2N5O2/c1-2-29(16-21(31)28-22-18(24)8-7-9-19(22)25)23(32)27-15-17-10-11-20(26-14-17)30-12-5-3-4-6-13-30/h7-11,14H,2-6,12-13,15-16H2,1H3,(H,27,32)(H,28,31). The Bertz CT molecular complexity index is 895. The van der Waals surface area contributed by atoms with E-state index in [1.54, 1.807) is 24.4 Å². The van der Waals surface area contributed by atoms with E-state index in [4.69, 9.17) is 23.2 Å². The van der Waals surface area contributed by atoms with Crippen LogP contribution in [0, 0.1) is 0 Å². The van der Waals surface area contributed by atoms with Gasteiger partial charge in [0.15, 0.2) is 0 Å². The van der Waals surface area contributed by atoms with E-state index in [0.29, 0.717) is 28.8 Å². The molecule has 1 aromatic heterocycles. The second kappa shape index (κ2) is 11.9. The van der Waals surface area contributed by atoms with Crippen LogP contribution < -0.4 is 15.5 Å². The number of benzene rings is 1. The Morgan fingerprint density at radius 2 is 1.75 bits per heavy atom. The van der Waals surface area contributed by atoms with Gasteiger partial charge in [0.05, 0.1) is 15.7 Å². The molecule has 9 heteroatoms. The predicted molar refractivity (Wildman–Crippen MR) is 129 cm³/mol. The normalized spacial score (nSPS) is 13.9. The lowest BCUT2D eigenvalue weighted by molar-refractivity contribution is -0.116. The maximum Gasteiger partial charge on any atom is 0.318 e. The molecule has 172 valence electrons. The third kappa shape index (κ3) is 6.74. The molecule has 1 aliphatic heterocycles. The van der Waals surface area contributed by atoms with E-state index in [1.807, 2.05) is 19.1 Å². The number of pyridine rings is 1. The van der Waals surface area contributed by atoms with Crippen molar-refractivity contribution in [3.63, 3.8) is 0 Å². The number of carbonyl (C=O) groups excluding carboxylic acids is 2. The zero-order valence-corrected chi connectivity index (χ0v) is 19.8. The van der Waals surface area contributed by atoms with Gasteiger partial charge in [-0.15, -0.1) is 0 Å². The highest BCUT2D eigenvalue weighted by molar-refractivity contribution is 6.39. The number of para-hydroxylation sites is 1. The van der Waals surface area contributed by atoms with Crippen molar-refractivity contribution in [2.45, 2.75) is 39.2 Å². The number of hydrogen-bond acceptors (Lipinski definition) is 4. The smallest absolute Gasteiger partial charge is 0.318 e. The first kappa shape index (κ1) is 24.1. The number of halogens is 2. The van der Waals surface area contributed by atoms with Crippen molar-refractivity contribution in [1.82, 2.24) is 15.2 Å². The highest BCUT2D eigenvalue weighted by Crippen LogP contribution is 2.29. The van der Waals surface area contributed by atoms with Crippen molar-refractivity contribution in [3.8, 4) is 0 Å². The lowest BCUT2D eigenvalue weighted by Crippen LogP contribution is -2.43. The molecule has 1 aliphatic rings. The number of anilines is 2. The van der Waals surface area contributed by atoms with E-state index in [2.05, 4.69) is 20.5 Å². The number of nitrogens with zero attached hydrogens (tertiary/aromatic N) is 3. The second-order valence-electron chi connectivity index (χ2n) is 7.74. The summed E-state index contributed by atoms with van der Waals surface area (Å²) in [6, 6.07) is 8.63. The molecule has 1 fully saturated rings. The lowest BCUT2D eigenvalue weighted by atomic mass is 10.2. The number of nitrogens with one attached hydrogen (secondary N) is 2. The lowest BCUT2D eigenvalue weighted by Gasteiger charge is -2.22. The number of amides is 3. The Morgan fingerprint density at radius 1 is 1.06 bits per heavy atom. The van der Waals surface area contributed by atoms with Crippen LogP contribution in [0.1, 0.15) is 38.2 Å². The van der Waals surface area contributed by atoms with E-state index in [0.717, 1.165) is 24.5 Å². The second-order valence-corrected chi connectivity index (χ2v) is 8.56. The van der Waals surface area contributed by atoms with Gasteiger partial charge in [-0.3, -0.25) is 4.79 Å². The number of aromatic nitrogens is 1. The molecule has 0 unspecified atom stereocenters. The summed E-state index contributed by atoms with van der Waals surface area (Å²) in [5.41, 5.74) is 1.24. The molecule has 2 aromatic rings. The summed E-state index contributed by atoms with van der Waals surface area (Å²) in [5.74, 6) is 0.604. The van der Waals surface area contributed by atoms with Crippen LogP contribution in [0.15, 0.2) is 36.5 Å². The van der Waals surface area contributed by atoms with Crippen LogP contribution in [-0.2, 0) is 11.3 Å². The Hall–Kier alpha value is -2.51. The number of hydrogen-bond donors (Lipinski definition) is 2. The topological polar surface area (TPSA) is 77.6 Å². The molecule has 0 saturated carbocycles. The van der Waals surface area contributed by atoms with Gasteiger partial charge in [0, 0.05) is 32.4 Å². The van der Waals surface area contributed by atoms with Crippen molar-refractivity contribution in [2.24, 2.45) is 0 Å². The minimum absolute atomic E-state index is 0.115. The van der Waals surface area contributed by atoms with Crippen molar-refractivity contribution in [3.05, 3.63) is 52.1 Å². The highest BCUT2D eigenvalue weighted by Gasteiger charge is 2.17. The van der Waals surface area contributed by atoms with E-state index in [9.17, 15) is 9.59 Å². The van der Waals surface area contributed by atoms with Crippen molar-refractivity contribution >= 4 is 46.6 Å². The highest BCUT2D eigenvalue weighted by atomic mass is 35.5. The van der Waals surface area contributed by atoms with Gasteiger partial charge < -0.3 is 20.4 Å². The Balaban J connectivity index is 1.50. The summed E-state index contributed by atoms with van der Waals surface area (Å²) in [6.07, 6.45) is 6.74. The first-order valence-corrected chi connectivity index (χ1v) is 11.7. The van der Waals surface area contributed by atoms with Crippen molar-refractivity contribution in [2.75, 3.05) is 36.4 Å². The molecule has 0 spiro atoms. The molecule has 1 saturated heterocycles. The molecule has 1 aromatic carbocycles. The monoisotopic (exact) mass is 477 g/mol. The molecule has 32 heavy (non-hydrogen) atoms. The Morgan fingerprint density at radius 3 is 2.34 bits per heavy atom. The molecule has 3 rings (SSSR count). The summed E-state index contributed by atoms with van der Waals surface area (Å²) in [4.78, 5) is 33.3. The maximum absolute atomic E-state index is 12.6. The molecule has 3 amide bonds. The molecule has 0 bridgehead atoms. The largest absolute Gasteiger partial charge is 0.357 e. The minimum Gasteiger partial charge on any atom is -0.357 e. The average molecular weight is 478 g/mol. The number of urea groups is 1. The van der Waals surface area contributed by atoms with E-state index in [1.165, 1.54) is 30.6 Å². The fraction of sp³-hybridized carbons (Fsp3) is 0.435. The number of rotatable bonds is 7. The van der Waals surface area contributed by atoms with Gasteiger partial charge in [0.25, 0.3) is 0 Å². The van der Waals surface area contributed by atoms with E-state index >= 15 is 0 Å². The van der Waals surface area contributed by atoms with Crippen molar-refractivity contribution < 1.29 is 9.59 Å². The first-order chi connectivity index (χ1) is 15.5. The van der Waals surface area contributed by atoms with Gasteiger partial charge in [0.1, 0.15) is 12.4 Å². The first-order valence-electron chi connectivity index (χ1n) is 10.9. The van der Waals surface area contributed by atoms with E-state index < -0.39 is 0 Å². The summed E-state index contributed by atoms with van der Waals surface area (Å²) in [7, 11) is 0. The minimum atomic E-state index is -0.375. The number of likely N-dealkylation sites (N-methyl/N-ethyl adjacent to an activating group) is 1. The summed E-state index contributed by atoms with van der Waals surface area (Å²) in [6.45, 7) is 4.48. The van der Waals surface area contributed by atoms with Gasteiger partial charge in [-0.05, 0) is 43.5 Å². The fourth-order valence-electron chi connectivity index (χ4n) is 3.59. The van der Waals surface area contributed by atoms with Gasteiger partial charge in [-0.2, -0.15) is 0 Å². The van der Waals surface area contributed by atoms with Gasteiger partial charge in [-0.1, -0.05) is 48.2 Å². The van der Waals surface area contributed by atoms with Crippen LogP contribution in [-0.4, -0.2) is 48.0 Å². The third-order valence-electron chi connectivity index (χ3n) is 5.41. The molecule has 2 N–H and O–H groups in total. The zero-order valence-electron chi connectivity index (χ0n) is 18.2. The van der Waals surface area contributed by atoms with Gasteiger partial charge >= 0.3 is 6.03 Å². The van der Waals surface area contributed by atoms with E-state index in [-0.39, 0.29) is 18.5 Å². The molecule has 0 atom stereocenters. The molecule has 2 heterocycles. The van der Waals surface area contributed by atoms with Crippen LogP contribution in [0.2, 0.25) is 10.0 Å². The average Bonchev–Trinajstić information content (AvgIpc) is 3.08. The van der Waals surface area contributed by atoms with Crippen LogP contribution in [0.25, 0.3) is 0 Å². The molecule has 0 aliphatic carbocycles. The summed E-state index contributed by atoms with van der Waals surface area (Å²) in [5, 5.41) is 6.21. The number of carbonyl (C=O) groups is 2. The van der Waals surface area contributed by atoms with Crippen LogP contribution in [0.3, 0.4) is 0 Å². The van der Waals surface area contributed by atoms with Crippen LogP contribution in [0.4, 0.5) is 16.3 Å². The SMILES string of the molecule is CCN(CC(=O)Nc1c(Cl)cccc1Cl)C(=O)NCc1ccc(N2CCCCCC2)nc1. The van der Waals surface area contributed by atoms with Crippen LogP contribution >= 0.6 is 23.2 Å². The predicted octanol–water partition coefficient (Wildman–Crippen LogP) is 4.94. The zero-order chi connectivity index (χ0) is 22.9.